The Bertz CT molecular complexity index is 729. The maximum Gasteiger partial charge on any atom is 0.234 e. The van der Waals surface area contributed by atoms with Crippen LogP contribution in [0.4, 0.5) is 17.2 Å². The molecule has 0 bridgehead atoms. The van der Waals surface area contributed by atoms with Gasteiger partial charge in [-0.25, -0.2) is 9.83 Å². The molecule has 0 aliphatic carbocycles. The molecular weight excluding hydrogens is 294 g/mol. The molecule has 0 aliphatic rings. The van der Waals surface area contributed by atoms with Crippen molar-refractivity contribution >= 4 is 29.0 Å². The Morgan fingerprint density at radius 1 is 1.13 bits per heavy atom. The molecule has 2 N–H and O–H groups in total. The van der Waals surface area contributed by atoms with Crippen LogP contribution in [0.5, 0.6) is 0 Å². The van der Waals surface area contributed by atoms with Crippen molar-refractivity contribution < 1.29 is 9.59 Å². The Balaban J connectivity index is 1.87. The normalized spacial score (nSPS) is 9.30. The number of anilines is 2. The fraction of sp³-hybridized carbons (Fsp3) is 0.0625. The predicted octanol–water partition coefficient (Wildman–Crippen LogP) is 2.47. The highest BCUT2D eigenvalue weighted by Crippen LogP contribution is 2.16. The second-order valence-electron chi connectivity index (χ2n) is 4.48. The lowest BCUT2D eigenvalue weighted by Gasteiger charge is -2.06. The Kier molecular flexibility index (Phi) is 5.00. The van der Waals surface area contributed by atoms with Gasteiger partial charge in [0.2, 0.25) is 11.8 Å². The summed E-state index contributed by atoms with van der Waals surface area (Å²) in [6.07, 6.45) is 0.959. The van der Waals surface area contributed by atoms with E-state index in [-0.39, 0.29) is 12.2 Å². The molecule has 7 nitrogen and oxygen atoms in total. The molecule has 0 atom stereocenters. The number of nitriles is 1. The van der Waals surface area contributed by atoms with Gasteiger partial charge in [-0.2, -0.15) is 5.26 Å². The van der Waals surface area contributed by atoms with E-state index in [0.717, 1.165) is 0 Å². The summed E-state index contributed by atoms with van der Waals surface area (Å²) in [4.78, 5) is 30.7. The van der Waals surface area contributed by atoms with Crippen LogP contribution in [-0.4, -0.2) is 16.8 Å². The van der Waals surface area contributed by atoms with Crippen molar-refractivity contribution in [2.75, 3.05) is 10.6 Å². The van der Waals surface area contributed by atoms with Gasteiger partial charge in [0.05, 0.1) is 12.1 Å². The lowest BCUT2D eigenvalue weighted by Crippen LogP contribution is -2.21. The van der Waals surface area contributed by atoms with Crippen LogP contribution in [0.1, 0.15) is 12.0 Å². The van der Waals surface area contributed by atoms with Crippen LogP contribution in [0.3, 0.4) is 0 Å². The van der Waals surface area contributed by atoms with Gasteiger partial charge in [-0.15, -0.1) is 0 Å². The van der Waals surface area contributed by atoms with Gasteiger partial charge >= 0.3 is 0 Å². The third kappa shape index (κ3) is 4.66. The number of rotatable bonds is 4. The van der Waals surface area contributed by atoms with E-state index in [4.69, 9.17) is 11.8 Å². The Hall–Kier alpha value is -3.71. The molecule has 0 aliphatic heterocycles. The van der Waals surface area contributed by atoms with Gasteiger partial charge in [0.25, 0.3) is 0 Å². The first-order valence-electron chi connectivity index (χ1n) is 6.54. The quantitative estimate of drug-likeness (QED) is 0.669. The summed E-state index contributed by atoms with van der Waals surface area (Å²) < 4.78 is 0. The topological polar surface area (TPSA) is 99.2 Å². The highest BCUT2D eigenvalue weighted by atomic mass is 16.2. The van der Waals surface area contributed by atoms with E-state index >= 15 is 0 Å². The van der Waals surface area contributed by atoms with Crippen molar-refractivity contribution in [3.8, 4) is 6.07 Å². The highest BCUT2D eigenvalue weighted by Gasteiger charge is 2.10. The summed E-state index contributed by atoms with van der Waals surface area (Å²) in [5.41, 5.74) is 1.35. The molecule has 112 valence electrons. The molecule has 2 amide bonds. The zero-order chi connectivity index (χ0) is 16.7. The van der Waals surface area contributed by atoms with Crippen molar-refractivity contribution in [1.29, 1.82) is 5.26 Å². The molecule has 0 unspecified atom stereocenters. The number of carbonyl (C=O) groups excluding carboxylic acids is 2. The Morgan fingerprint density at radius 3 is 2.39 bits per heavy atom. The number of hydrogen-bond donors (Lipinski definition) is 2. The van der Waals surface area contributed by atoms with Crippen molar-refractivity contribution in [2.45, 2.75) is 6.42 Å². The van der Waals surface area contributed by atoms with E-state index in [1.165, 1.54) is 18.3 Å². The van der Waals surface area contributed by atoms with Crippen LogP contribution in [0.15, 0.2) is 42.6 Å². The fourth-order valence-corrected chi connectivity index (χ4v) is 1.69. The summed E-state index contributed by atoms with van der Waals surface area (Å²) in [6, 6.07) is 11.2. The molecule has 2 rings (SSSR count). The number of aromatic nitrogens is 1. The van der Waals surface area contributed by atoms with E-state index in [1.807, 2.05) is 6.07 Å². The van der Waals surface area contributed by atoms with E-state index in [0.29, 0.717) is 16.9 Å². The molecule has 23 heavy (non-hydrogen) atoms. The van der Waals surface area contributed by atoms with E-state index in [9.17, 15) is 9.59 Å². The third-order valence-corrected chi connectivity index (χ3v) is 2.76. The van der Waals surface area contributed by atoms with E-state index < -0.39 is 11.8 Å². The summed E-state index contributed by atoms with van der Waals surface area (Å²) in [6.45, 7) is 6.84. The molecule has 0 radical (unpaired) electrons. The number of nitrogens with zero attached hydrogens (tertiary/aromatic N) is 3. The monoisotopic (exact) mass is 305 g/mol. The minimum Gasteiger partial charge on any atom is -0.326 e. The molecule has 0 spiro atoms. The minimum absolute atomic E-state index is 0.267. The number of benzene rings is 1. The first-order valence-corrected chi connectivity index (χ1v) is 6.54. The number of nitrogens with one attached hydrogen (secondary N) is 2. The fourth-order valence-electron chi connectivity index (χ4n) is 1.69. The summed E-state index contributed by atoms with van der Waals surface area (Å²) in [7, 11) is 0. The highest BCUT2D eigenvalue weighted by molar-refractivity contribution is 6.07. The van der Waals surface area contributed by atoms with Gasteiger partial charge < -0.3 is 10.6 Å². The largest absolute Gasteiger partial charge is 0.326 e. The molecule has 0 fully saturated rings. The van der Waals surface area contributed by atoms with Crippen LogP contribution in [0.25, 0.3) is 4.85 Å². The molecule has 2 aromatic rings. The Labute approximate surface area is 132 Å². The number of pyridine rings is 1. The smallest absolute Gasteiger partial charge is 0.234 e. The zero-order valence-corrected chi connectivity index (χ0v) is 11.9. The van der Waals surface area contributed by atoms with Crippen molar-refractivity contribution in [1.82, 2.24) is 4.98 Å². The number of amides is 2. The average Bonchev–Trinajstić information content (AvgIpc) is 2.56. The first-order chi connectivity index (χ1) is 11.1. The summed E-state index contributed by atoms with van der Waals surface area (Å²) >= 11 is 0. The molecule has 1 aromatic heterocycles. The van der Waals surface area contributed by atoms with Gasteiger partial charge in [-0.05, 0) is 24.3 Å². The van der Waals surface area contributed by atoms with Gasteiger partial charge in [0, 0.05) is 11.9 Å². The van der Waals surface area contributed by atoms with Crippen LogP contribution in [0, 0.1) is 17.9 Å². The molecule has 1 aromatic carbocycles. The predicted molar refractivity (Wildman–Crippen MR) is 83.5 cm³/mol. The summed E-state index contributed by atoms with van der Waals surface area (Å²) in [5.74, 6) is -0.729. The van der Waals surface area contributed by atoms with Crippen LogP contribution in [-0.2, 0) is 9.59 Å². The van der Waals surface area contributed by atoms with Crippen molar-refractivity contribution in [2.24, 2.45) is 0 Å². The van der Waals surface area contributed by atoms with Gasteiger partial charge in [0.1, 0.15) is 18.3 Å². The molecule has 0 saturated carbocycles. The maximum atomic E-state index is 11.8. The molecule has 7 heteroatoms. The van der Waals surface area contributed by atoms with E-state index in [1.54, 1.807) is 24.3 Å². The standard InChI is InChI=1S/C16H11N5O2/c1-18-12-3-5-13(6-4-12)20-15(22)8-16(23)21-14-7-2-11(9-17)10-19-14/h2-7,10H,8H2,(H,20,22)(H,19,21,23). The van der Waals surface area contributed by atoms with Crippen LogP contribution < -0.4 is 10.6 Å². The second kappa shape index (κ2) is 7.34. The lowest BCUT2D eigenvalue weighted by atomic mass is 10.2. The first kappa shape index (κ1) is 15.7. The number of hydrogen-bond acceptors (Lipinski definition) is 4. The van der Waals surface area contributed by atoms with Gasteiger partial charge in [-0.3, -0.25) is 9.59 Å². The van der Waals surface area contributed by atoms with E-state index in [2.05, 4.69) is 20.5 Å². The maximum absolute atomic E-state index is 11.8. The van der Waals surface area contributed by atoms with Crippen molar-refractivity contribution in [3.05, 3.63) is 59.6 Å². The molecule has 0 saturated heterocycles. The third-order valence-electron chi connectivity index (χ3n) is 2.76. The summed E-state index contributed by atoms with van der Waals surface area (Å²) in [5, 5.41) is 13.7. The SMILES string of the molecule is [C-]#[N+]c1ccc(NC(=O)CC(=O)Nc2ccc(C#N)cn2)cc1. The van der Waals surface area contributed by atoms with Crippen LogP contribution in [0.2, 0.25) is 0 Å². The average molecular weight is 305 g/mol. The molecule has 1 heterocycles. The Morgan fingerprint density at radius 2 is 1.83 bits per heavy atom. The van der Waals surface area contributed by atoms with Crippen LogP contribution >= 0.6 is 0 Å². The zero-order valence-electron chi connectivity index (χ0n) is 11.9. The number of carbonyl (C=O) groups is 2. The minimum atomic E-state index is -0.516. The lowest BCUT2D eigenvalue weighted by molar-refractivity contribution is -0.123. The van der Waals surface area contributed by atoms with Gasteiger partial charge in [0.15, 0.2) is 5.69 Å². The van der Waals surface area contributed by atoms with Gasteiger partial charge in [-0.1, -0.05) is 12.1 Å². The molecular formula is C16H11N5O2. The second-order valence-corrected chi connectivity index (χ2v) is 4.48. The van der Waals surface area contributed by atoms with Crippen molar-refractivity contribution in [3.63, 3.8) is 0 Å².